The van der Waals surface area contributed by atoms with E-state index in [1.165, 1.54) is 11.3 Å². The van der Waals surface area contributed by atoms with Gasteiger partial charge in [0.2, 0.25) is 5.91 Å². The SMILES string of the molecule is CC1(C)c2[nH]nc(NC(=O)C3(S(C)(C)C)CCC3)c2CN1C(=O)Nc1cccs1. The Kier molecular flexibility index (Phi) is 4.73. The third-order valence-corrected chi connectivity index (χ3v) is 10.2. The molecule has 9 heteroatoms. The number of H-pyrrole nitrogens is 1. The fraction of sp³-hybridized carbons (Fsp3) is 0.550. The smallest absolute Gasteiger partial charge is 0.309 e. The summed E-state index contributed by atoms with van der Waals surface area (Å²) in [5.41, 5.74) is 1.22. The van der Waals surface area contributed by atoms with Crippen molar-refractivity contribution < 1.29 is 9.59 Å². The standard InChI is InChI=1S/C20H29N5O2S2/c1-19(2)15-13(12-25(19)18(27)21-14-8-6-11-28-14)16(24-23-15)22-17(26)20(9-7-10-20)29(3,4)5/h6,8,11H,7,9-10,12H2,1-5H3,(H,21,27)(H2,22,23,24,26). The van der Waals surface area contributed by atoms with Crippen molar-refractivity contribution in [3.63, 3.8) is 0 Å². The number of fused-ring (bicyclic) bond motifs is 1. The molecule has 3 heterocycles. The fourth-order valence-electron chi connectivity index (χ4n) is 4.30. The summed E-state index contributed by atoms with van der Waals surface area (Å²) in [5, 5.41) is 16.3. The molecule has 3 N–H and O–H groups in total. The number of nitrogens with one attached hydrogen (secondary N) is 3. The molecule has 2 aromatic rings. The van der Waals surface area contributed by atoms with Crippen LogP contribution in [0.2, 0.25) is 0 Å². The Bertz CT molecular complexity index is 939. The fourth-order valence-corrected chi connectivity index (χ4v) is 7.03. The van der Waals surface area contributed by atoms with E-state index in [9.17, 15) is 9.59 Å². The van der Waals surface area contributed by atoms with Crippen LogP contribution in [0.5, 0.6) is 0 Å². The molecule has 1 saturated carbocycles. The number of aromatic amines is 1. The lowest BCUT2D eigenvalue weighted by Crippen LogP contribution is -2.51. The Morgan fingerprint density at radius 2 is 1.97 bits per heavy atom. The van der Waals surface area contributed by atoms with Crippen molar-refractivity contribution in [2.75, 3.05) is 29.4 Å². The van der Waals surface area contributed by atoms with Crippen LogP contribution in [0, 0.1) is 0 Å². The second-order valence-corrected chi connectivity index (χ2v) is 14.5. The van der Waals surface area contributed by atoms with E-state index >= 15 is 0 Å². The molecule has 0 radical (unpaired) electrons. The summed E-state index contributed by atoms with van der Waals surface area (Å²) in [4.78, 5) is 27.9. The first kappa shape index (κ1) is 20.3. The maximum atomic E-state index is 13.2. The number of thiophene rings is 1. The molecule has 158 valence electrons. The molecule has 2 aliphatic rings. The van der Waals surface area contributed by atoms with Gasteiger partial charge in [-0.3, -0.25) is 15.2 Å². The molecule has 0 atom stereocenters. The third-order valence-electron chi connectivity index (χ3n) is 6.45. The average molecular weight is 436 g/mol. The predicted octanol–water partition coefficient (Wildman–Crippen LogP) is 4.31. The quantitative estimate of drug-likeness (QED) is 0.668. The lowest BCUT2D eigenvalue weighted by molar-refractivity contribution is -0.120. The van der Waals surface area contributed by atoms with Crippen molar-refractivity contribution in [1.29, 1.82) is 0 Å². The molecule has 4 rings (SSSR count). The number of urea groups is 1. The van der Waals surface area contributed by atoms with Gasteiger partial charge in [0.15, 0.2) is 5.82 Å². The van der Waals surface area contributed by atoms with Gasteiger partial charge in [-0.2, -0.15) is 5.10 Å². The highest BCUT2D eigenvalue weighted by Gasteiger charge is 2.51. The number of hydrogen-bond acceptors (Lipinski definition) is 4. The monoisotopic (exact) mass is 435 g/mol. The van der Waals surface area contributed by atoms with Crippen LogP contribution in [0.15, 0.2) is 17.5 Å². The Balaban J connectivity index is 1.55. The lowest BCUT2D eigenvalue weighted by Gasteiger charge is -2.53. The highest BCUT2D eigenvalue weighted by atomic mass is 32.3. The van der Waals surface area contributed by atoms with E-state index in [-0.39, 0.29) is 16.7 Å². The largest absolute Gasteiger partial charge is 0.323 e. The molecule has 3 amide bonds. The first-order chi connectivity index (χ1) is 13.6. The van der Waals surface area contributed by atoms with Gasteiger partial charge in [0.25, 0.3) is 0 Å². The minimum atomic E-state index is -1.04. The number of nitrogens with zero attached hydrogens (tertiary/aromatic N) is 2. The van der Waals surface area contributed by atoms with Crippen molar-refractivity contribution in [2.24, 2.45) is 0 Å². The van der Waals surface area contributed by atoms with Crippen LogP contribution in [-0.4, -0.2) is 50.5 Å². The van der Waals surface area contributed by atoms with Gasteiger partial charge in [-0.1, -0.05) is 0 Å². The zero-order valence-corrected chi connectivity index (χ0v) is 19.2. The number of aromatic nitrogens is 2. The summed E-state index contributed by atoms with van der Waals surface area (Å²) in [7, 11) is -1.04. The van der Waals surface area contributed by atoms with Gasteiger partial charge < -0.3 is 10.2 Å². The molecule has 7 nitrogen and oxygen atoms in total. The van der Waals surface area contributed by atoms with E-state index in [0.29, 0.717) is 12.4 Å². The molecule has 0 bridgehead atoms. The molecule has 1 aliphatic carbocycles. The van der Waals surface area contributed by atoms with Crippen molar-refractivity contribution in [1.82, 2.24) is 15.1 Å². The van der Waals surface area contributed by atoms with Gasteiger partial charge in [-0.25, -0.2) is 14.8 Å². The van der Waals surface area contributed by atoms with Crippen molar-refractivity contribution in [2.45, 2.75) is 49.9 Å². The Hall–Kier alpha value is -2.00. The molecule has 29 heavy (non-hydrogen) atoms. The zero-order chi connectivity index (χ0) is 21.0. The topological polar surface area (TPSA) is 90.1 Å². The number of rotatable bonds is 4. The first-order valence-electron chi connectivity index (χ1n) is 9.75. The Labute approximate surface area is 177 Å². The number of carbonyl (C=O) groups is 2. The van der Waals surface area contributed by atoms with Crippen LogP contribution in [0.3, 0.4) is 0 Å². The van der Waals surface area contributed by atoms with Crippen molar-refractivity contribution >= 4 is 44.1 Å². The van der Waals surface area contributed by atoms with E-state index < -0.39 is 15.6 Å². The summed E-state index contributed by atoms with van der Waals surface area (Å²) in [6.45, 7) is 4.38. The molecule has 1 aliphatic heterocycles. The molecular formula is C20H29N5O2S2. The van der Waals surface area contributed by atoms with E-state index in [1.54, 1.807) is 4.90 Å². The molecule has 0 aromatic carbocycles. The lowest BCUT2D eigenvalue weighted by atomic mass is 9.83. The minimum Gasteiger partial charge on any atom is -0.309 e. The van der Waals surface area contributed by atoms with Gasteiger partial charge in [0.05, 0.1) is 27.5 Å². The van der Waals surface area contributed by atoms with Crippen LogP contribution in [0.25, 0.3) is 0 Å². The first-order valence-corrected chi connectivity index (χ1v) is 13.5. The van der Waals surface area contributed by atoms with Gasteiger partial charge >= 0.3 is 6.03 Å². The maximum Gasteiger partial charge on any atom is 0.323 e. The third kappa shape index (κ3) is 3.15. The molecular weight excluding hydrogens is 406 g/mol. The van der Waals surface area contributed by atoms with Crippen LogP contribution < -0.4 is 10.6 Å². The summed E-state index contributed by atoms with van der Waals surface area (Å²) in [6, 6.07) is 3.63. The zero-order valence-electron chi connectivity index (χ0n) is 17.6. The number of anilines is 2. The van der Waals surface area contributed by atoms with Gasteiger partial charge in [0.1, 0.15) is 0 Å². The van der Waals surface area contributed by atoms with Gasteiger partial charge in [0, 0.05) is 5.56 Å². The van der Waals surface area contributed by atoms with Crippen molar-refractivity contribution in [3.05, 3.63) is 28.8 Å². The summed E-state index contributed by atoms with van der Waals surface area (Å²) < 4.78 is -0.275. The second-order valence-electron chi connectivity index (χ2n) is 9.12. The summed E-state index contributed by atoms with van der Waals surface area (Å²) in [6.07, 6.45) is 9.59. The summed E-state index contributed by atoms with van der Waals surface area (Å²) >= 11 is 1.49. The van der Waals surface area contributed by atoms with Gasteiger partial charge in [-0.15, -0.1) is 11.3 Å². The van der Waals surface area contributed by atoms with E-state index in [2.05, 4.69) is 39.6 Å². The molecule has 2 aromatic heterocycles. The molecule has 0 spiro atoms. The normalized spacial score (nSPS) is 20.0. The van der Waals surface area contributed by atoms with E-state index in [0.717, 1.165) is 35.5 Å². The van der Waals surface area contributed by atoms with Crippen LogP contribution in [0.4, 0.5) is 15.6 Å². The number of carbonyl (C=O) groups excluding carboxylic acids is 2. The highest BCUT2D eigenvalue weighted by molar-refractivity contribution is 8.33. The van der Waals surface area contributed by atoms with Crippen LogP contribution in [-0.2, 0) is 16.9 Å². The average Bonchev–Trinajstić information content (AvgIpc) is 3.24. The number of amides is 3. The minimum absolute atomic E-state index is 0.0693. The molecule has 0 saturated heterocycles. The van der Waals surface area contributed by atoms with E-state index in [4.69, 9.17) is 0 Å². The van der Waals surface area contributed by atoms with Crippen LogP contribution in [0.1, 0.15) is 44.4 Å². The second kappa shape index (κ2) is 6.77. The number of hydrogen-bond donors (Lipinski definition) is 3. The molecule has 1 fully saturated rings. The Morgan fingerprint density at radius 3 is 2.52 bits per heavy atom. The van der Waals surface area contributed by atoms with E-state index in [1.807, 2.05) is 31.4 Å². The Morgan fingerprint density at radius 1 is 1.24 bits per heavy atom. The predicted molar refractivity (Wildman–Crippen MR) is 121 cm³/mol. The highest BCUT2D eigenvalue weighted by Crippen LogP contribution is 2.60. The summed E-state index contributed by atoms with van der Waals surface area (Å²) in [5.74, 6) is 0.624. The van der Waals surface area contributed by atoms with Crippen molar-refractivity contribution in [3.8, 4) is 0 Å². The maximum absolute atomic E-state index is 13.2. The van der Waals surface area contributed by atoms with Gasteiger partial charge in [-0.05, 0) is 69.4 Å². The molecule has 0 unspecified atom stereocenters. The van der Waals surface area contributed by atoms with Crippen LogP contribution >= 0.6 is 21.4 Å².